The van der Waals surface area contributed by atoms with Gasteiger partial charge in [-0.1, -0.05) is 0 Å². The van der Waals surface area contributed by atoms with E-state index in [0.717, 1.165) is 31.1 Å². The number of amides is 1. The van der Waals surface area contributed by atoms with E-state index in [9.17, 15) is 13.2 Å². The fourth-order valence-electron chi connectivity index (χ4n) is 2.55. The second-order valence-corrected chi connectivity index (χ2v) is 9.12. The predicted octanol–water partition coefficient (Wildman–Crippen LogP) is 0.452. The molecule has 1 atom stereocenters. The first-order chi connectivity index (χ1) is 8.94. The van der Waals surface area contributed by atoms with Crippen molar-refractivity contribution in [3.63, 3.8) is 0 Å². The first-order valence-electron chi connectivity index (χ1n) is 6.44. The molecule has 2 fully saturated rings. The fourth-order valence-corrected chi connectivity index (χ4v) is 4.85. The molecular weight excluding hydrogens is 308 g/mol. The monoisotopic (exact) mass is 326 g/mol. The van der Waals surface area contributed by atoms with Crippen LogP contribution in [0.3, 0.4) is 0 Å². The van der Waals surface area contributed by atoms with Crippen molar-refractivity contribution in [1.29, 1.82) is 0 Å². The maximum absolute atomic E-state index is 11.8. The topological polar surface area (TPSA) is 57.7 Å². The van der Waals surface area contributed by atoms with Gasteiger partial charge in [0, 0.05) is 67.3 Å². The van der Waals surface area contributed by atoms with Crippen LogP contribution in [0.5, 0.6) is 0 Å². The standard InChI is InChI=1S/C11H19ClN2O3S2/c12-19(16,17)9-10-7-11(15)14(8-10)2-1-13-3-5-18-6-4-13/h10H,1-9H2. The van der Waals surface area contributed by atoms with E-state index in [1.807, 2.05) is 11.8 Å². The molecule has 2 heterocycles. The molecule has 8 heteroatoms. The van der Waals surface area contributed by atoms with Gasteiger partial charge in [-0.15, -0.1) is 0 Å². The maximum atomic E-state index is 11.8. The SMILES string of the molecule is O=C1CC(CS(=O)(=O)Cl)CN1CCN1CCSCC1. The Balaban J connectivity index is 1.76. The Labute approximate surface area is 123 Å². The largest absolute Gasteiger partial charge is 0.341 e. The van der Waals surface area contributed by atoms with Crippen LogP contribution in [-0.4, -0.2) is 74.1 Å². The van der Waals surface area contributed by atoms with Crippen molar-refractivity contribution in [3.8, 4) is 0 Å². The third kappa shape index (κ3) is 5.13. The highest BCUT2D eigenvalue weighted by Gasteiger charge is 2.32. The molecule has 2 saturated heterocycles. The Hall–Kier alpha value is 0.0200. The molecule has 0 radical (unpaired) electrons. The second kappa shape index (κ2) is 6.65. The summed E-state index contributed by atoms with van der Waals surface area (Å²) >= 11 is 1.96. The van der Waals surface area contributed by atoms with Gasteiger partial charge in [0.1, 0.15) is 0 Å². The van der Waals surface area contributed by atoms with Crippen LogP contribution in [0.15, 0.2) is 0 Å². The number of carbonyl (C=O) groups excluding carboxylic acids is 1. The minimum absolute atomic E-state index is 0.0525. The lowest BCUT2D eigenvalue weighted by atomic mass is 10.1. The normalized spacial score (nSPS) is 26.1. The van der Waals surface area contributed by atoms with Crippen LogP contribution in [-0.2, 0) is 13.8 Å². The van der Waals surface area contributed by atoms with Gasteiger partial charge >= 0.3 is 0 Å². The molecule has 0 saturated carbocycles. The van der Waals surface area contributed by atoms with Gasteiger partial charge in [0.05, 0.1) is 5.75 Å². The summed E-state index contributed by atoms with van der Waals surface area (Å²) in [5.74, 6) is 2.11. The molecule has 0 spiro atoms. The first-order valence-corrected chi connectivity index (χ1v) is 10.1. The van der Waals surface area contributed by atoms with Crippen molar-refractivity contribution in [3.05, 3.63) is 0 Å². The van der Waals surface area contributed by atoms with E-state index in [1.54, 1.807) is 4.90 Å². The fraction of sp³-hybridized carbons (Fsp3) is 0.909. The summed E-state index contributed by atoms with van der Waals surface area (Å²) in [6.45, 7) is 4.25. The Kier molecular flexibility index (Phi) is 5.39. The first kappa shape index (κ1) is 15.4. The van der Waals surface area contributed by atoms with Crippen LogP contribution in [0.4, 0.5) is 0 Å². The Morgan fingerprint density at radius 3 is 2.58 bits per heavy atom. The van der Waals surface area contributed by atoms with Crippen LogP contribution in [0, 0.1) is 5.92 Å². The average Bonchev–Trinajstić information content (AvgIpc) is 2.66. The summed E-state index contributed by atoms with van der Waals surface area (Å²) < 4.78 is 22.1. The van der Waals surface area contributed by atoms with Crippen LogP contribution in [0.2, 0.25) is 0 Å². The summed E-state index contributed by atoms with van der Waals surface area (Å²) in [4.78, 5) is 15.9. The van der Waals surface area contributed by atoms with Crippen molar-refractivity contribution in [2.75, 3.05) is 50.0 Å². The quantitative estimate of drug-likeness (QED) is 0.687. The zero-order valence-electron chi connectivity index (χ0n) is 10.8. The number of hydrogen-bond acceptors (Lipinski definition) is 5. The Bertz CT molecular complexity index is 424. The number of nitrogens with zero attached hydrogens (tertiary/aromatic N) is 2. The molecule has 0 aromatic heterocycles. The minimum Gasteiger partial charge on any atom is -0.341 e. The highest BCUT2D eigenvalue weighted by molar-refractivity contribution is 8.13. The van der Waals surface area contributed by atoms with Gasteiger partial charge < -0.3 is 4.90 Å². The van der Waals surface area contributed by atoms with Crippen LogP contribution in [0.1, 0.15) is 6.42 Å². The molecule has 2 aliphatic rings. The van der Waals surface area contributed by atoms with Crippen molar-refractivity contribution < 1.29 is 13.2 Å². The third-order valence-corrected chi connectivity index (χ3v) is 5.71. The molecule has 110 valence electrons. The molecule has 1 amide bonds. The predicted molar refractivity (Wildman–Crippen MR) is 78.1 cm³/mol. The van der Waals surface area contributed by atoms with Gasteiger partial charge in [-0.25, -0.2) is 8.42 Å². The minimum atomic E-state index is -3.51. The lowest BCUT2D eigenvalue weighted by Crippen LogP contribution is -2.40. The summed E-state index contributed by atoms with van der Waals surface area (Å²) in [6, 6.07) is 0. The lowest BCUT2D eigenvalue weighted by Gasteiger charge is -2.28. The zero-order chi connectivity index (χ0) is 13.9. The van der Waals surface area contributed by atoms with Crippen molar-refractivity contribution in [2.24, 2.45) is 5.92 Å². The van der Waals surface area contributed by atoms with Gasteiger partial charge in [-0.3, -0.25) is 9.69 Å². The van der Waals surface area contributed by atoms with Gasteiger partial charge in [0.25, 0.3) is 0 Å². The summed E-state index contributed by atoms with van der Waals surface area (Å²) in [6.07, 6.45) is 0.307. The van der Waals surface area contributed by atoms with E-state index in [-0.39, 0.29) is 17.6 Å². The van der Waals surface area contributed by atoms with Crippen molar-refractivity contribution in [1.82, 2.24) is 9.80 Å². The molecular formula is C11H19ClN2O3S2. The van der Waals surface area contributed by atoms with Gasteiger partial charge in [0.15, 0.2) is 0 Å². The van der Waals surface area contributed by atoms with Crippen LogP contribution in [0.25, 0.3) is 0 Å². The molecule has 2 rings (SSSR count). The lowest BCUT2D eigenvalue weighted by molar-refractivity contribution is -0.127. The second-order valence-electron chi connectivity index (χ2n) is 5.07. The van der Waals surface area contributed by atoms with E-state index < -0.39 is 9.05 Å². The van der Waals surface area contributed by atoms with E-state index in [1.165, 1.54) is 0 Å². The van der Waals surface area contributed by atoms with Gasteiger partial charge in [0.2, 0.25) is 15.0 Å². The van der Waals surface area contributed by atoms with E-state index in [0.29, 0.717) is 19.5 Å². The number of carbonyl (C=O) groups is 1. The molecule has 1 unspecified atom stereocenters. The number of hydrogen-bond donors (Lipinski definition) is 0. The molecule has 0 N–H and O–H groups in total. The smallest absolute Gasteiger partial charge is 0.232 e. The molecule has 0 aromatic carbocycles. The number of likely N-dealkylation sites (tertiary alicyclic amines) is 1. The molecule has 19 heavy (non-hydrogen) atoms. The van der Waals surface area contributed by atoms with E-state index in [2.05, 4.69) is 4.90 Å². The molecule has 0 bridgehead atoms. The van der Waals surface area contributed by atoms with E-state index >= 15 is 0 Å². The summed E-state index contributed by atoms with van der Waals surface area (Å²) in [5.41, 5.74) is 0. The average molecular weight is 327 g/mol. The highest BCUT2D eigenvalue weighted by atomic mass is 35.7. The maximum Gasteiger partial charge on any atom is 0.232 e. The van der Waals surface area contributed by atoms with Gasteiger partial charge in [-0.2, -0.15) is 11.8 Å². The van der Waals surface area contributed by atoms with E-state index in [4.69, 9.17) is 10.7 Å². The number of halogens is 1. The molecule has 5 nitrogen and oxygen atoms in total. The Morgan fingerprint density at radius 1 is 1.26 bits per heavy atom. The molecule has 0 aliphatic carbocycles. The van der Waals surface area contributed by atoms with Crippen LogP contribution < -0.4 is 0 Å². The summed E-state index contributed by atoms with van der Waals surface area (Å²) in [5, 5.41) is 0. The zero-order valence-corrected chi connectivity index (χ0v) is 13.1. The highest BCUT2D eigenvalue weighted by Crippen LogP contribution is 2.20. The molecule has 0 aromatic rings. The van der Waals surface area contributed by atoms with Gasteiger partial charge in [-0.05, 0) is 0 Å². The third-order valence-electron chi connectivity index (χ3n) is 3.52. The van der Waals surface area contributed by atoms with Crippen LogP contribution >= 0.6 is 22.4 Å². The Morgan fingerprint density at radius 2 is 1.95 bits per heavy atom. The number of rotatable bonds is 5. The van der Waals surface area contributed by atoms with Crippen molar-refractivity contribution in [2.45, 2.75) is 6.42 Å². The summed E-state index contributed by atoms with van der Waals surface area (Å²) in [7, 11) is 1.73. The van der Waals surface area contributed by atoms with Crippen molar-refractivity contribution >= 4 is 37.4 Å². The number of thioether (sulfide) groups is 1. The molecule has 2 aliphatic heterocycles.